The minimum atomic E-state index is -4.96. The molecule has 0 aromatic heterocycles. The Kier molecular flexibility index (Phi) is 71.0. The van der Waals surface area contributed by atoms with Crippen molar-refractivity contribution in [2.45, 2.75) is 438 Å². The minimum absolute atomic E-state index is 0.109. The Morgan fingerprint density at radius 1 is 0.247 bits per heavy atom. The Balaban J connectivity index is 5.26. The Morgan fingerprint density at radius 2 is 0.412 bits per heavy atom. The largest absolute Gasteiger partial charge is 0.472 e. The maximum absolute atomic E-state index is 13.1. The van der Waals surface area contributed by atoms with Gasteiger partial charge >= 0.3 is 39.5 Å². The summed E-state index contributed by atoms with van der Waals surface area (Å²) < 4.78 is 68.7. The lowest BCUT2D eigenvalue weighted by atomic mass is 10.0. The Hall–Kier alpha value is -1.94. The summed E-state index contributed by atoms with van der Waals surface area (Å²) in [5.41, 5.74) is 0. The van der Waals surface area contributed by atoms with Gasteiger partial charge in [0, 0.05) is 25.7 Å². The smallest absolute Gasteiger partial charge is 0.462 e. The molecular weight excluding hydrogens is 1270 g/mol. The van der Waals surface area contributed by atoms with E-state index in [9.17, 15) is 43.2 Å². The van der Waals surface area contributed by atoms with Gasteiger partial charge in [-0.1, -0.05) is 368 Å². The molecule has 576 valence electrons. The first-order chi connectivity index (χ1) is 47.2. The normalized spacial score (nSPS) is 13.8. The summed E-state index contributed by atoms with van der Waals surface area (Å²) in [7, 11) is -9.91. The van der Waals surface area contributed by atoms with Crippen molar-refractivity contribution < 1.29 is 80.2 Å². The zero-order chi connectivity index (χ0) is 71.1. The van der Waals surface area contributed by atoms with Gasteiger partial charge in [0.1, 0.15) is 19.3 Å². The first-order valence-corrected chi connectivity index (χ1v) is 43.8. The zero-order valence-electron chi connectivity index (χ0n) is 63.1. The summed E-state index contributed by atoms with van der Waals surface area (Å²) in [4.78, 5) is 72.9. The van der Waals surface area contributed by atoms with E-state index in [1.54, 1.807) is 0 Å². The third-order valence-corrected chi connectivity index (χ3v) is 20.3. The van der Waals surface area contributed by atoms with Crippen LogP contribution in [0, 0.1) is 0 Å². The van der Waals surface area contributed by atoms with Gasteiger partial charge in [-0.15, -0.1) is 0 Å². The van der Waals surface area contributed by atoms with Gasteiger partial charge in [-0.05, 0) is 25.7 Å². The van der Waals surface area contributed by atoms with E-state index in [1.165, 1.54) is 250 Å². The van der Waals surface area contributed by atoms with Crippen molar-refractivity contribution in [3.63, 3.8) is 0 Å². The van der Waals surface area contributed by atoms with Crippen LogP contribution < -0.4 is 0 Å². The highest BCUT2D eigenvalue weighted by Gasteiger charge is 2.30. The number of ether oxygens (including phenoxy) is 4. The van der Waals surface area contributed by atoms with E-state index in [0.717, 1.165) is 89.9 Å². The van der Waals surface area contributed by atoms with Crippen molar-refractivity contribution in [1.82, 2.24) is 0 Å². The first kappa shape index (κ1) is 95.1. The van der Waals surface area contributed by atoms with Crippen LogP contribution in [0.4, 0.5) is 0 Å². The average molecular weight is 1420 g/mol. The third kappa shape index (κ3) is 72.2. The second-order valence-corrected chi connectivity index (χ2v) is 31.0. The molecule has 0 rings (SSSR count). The SMILES string of the molecule is CCCCCCCCCCCCCCCCCCC(=O)O[C@H](COC(=O)CCCCCCCCCCCCCCCCC)COP(=O)(O)OC[C@@H](O)COP(=O)(O)OC[C@@H](COC(=O)CCCCCCCCCCCCCCC)OC(=O)CCCCCCCCCCCCCCC. The predicted molar refractivity (Wildman–Crippen MR) is 395 cm³/mol. The van der Waals surface area contributed by atoms with Crippen LogP contribution in [0.3, 0.4) is 0 Å². The number of phosphoric acid groups is 2. The Morgan fingerprint density at radius 3 is 0.608 bits per heavy atom. The molecule has 0 aliphatic rings. The molecule has 0 aliphatic heterocycles. The number of carbonyl (C=O) groups is 4. The number of hydrogen-bond acceptors (Lipinski definition) is 15. The molecule has 0 saturated heterocycles. The standard InChI is InChI=1S/C78H152O17P2/c1-5-9-13-17-21-25-29-33-35-37-41-45-49-53-57-61-65-78(83)95-74(69-89-76(81)63-59-55-51-47-43-40-36-34-30-26-22-18-14-10-6-2)71-93-97(86,87)91-67-72(79)66-90-96(84,85)92-70-73(94-77(82)64-60-56-52-48-44-39-32-28-24-20-16-12-8-4)68-88-75(80)62-58-54-50-46-42-38-31-27-23-19-15-11-7-3/h72-74,79H,5-71H2,1-4H3,(H,84,85)(H,86,87)/t72-,73+,74+/m0/s1. The van der Waals surface area contributed by atoms with Crippen molar-refractivity contribution in [2.75, 3.05) is 39.6 Å². The fraction of sp³-hybridized carbons (Fsp3) is 0.949. The van der Waals surface area contributed by atoms with Crippen molar-refractivity contribution in [3.8, 4) is 0 Å². The lowest BCUT2D eigenvalue weighted by Crippen LogP contribution is -2.30. The highest BCUT2D eigenvalue weighted by atomic mass is 31.2. The van der Waals surface area contributed by atoms with Crippen LogP contribution >= 0.6 is 15.6 Å². The summed E-state index contributed by atoms with van der Waals surface area (Å²) in [6.07, 6.45) is 63.5. The number of hydrogen-bond donors (Lipinski definition) is 3. The summed E-state index contributed by atoms with van der Waals surface area (Å²) in [5, 5.41) is 10.6. The molecule has 0 heterocycles. The molecule has 17 nitrogen and oxygen atoms in total. The van der Waals surface area contributed by atoms with Gasteiger partial charge in [0.25, 0.3) is 0 Å². The van der Waals surface area contributed by atoms with Crippen LogP contribution in [0.15, 0.2) is 0 Å². The molecule has 0 radical (unpaired) electrons. The number of unbranched alkanes of at least 4 members (excludes halogenated alkanes) is 53. The topological polar surface area (TPSA) is 237 Å². The molecule has 19 heteroatoms. The fourth-order valence-corrected chi connectivity index (χ4v) is 13.7. The Labute approximate surface area is 594 Å². The van der Waals surface area contributed by atoms with E-state index in [1.807, 2.05) is 0 Å². The molecule has 0 aliphatic carbocycles. The lowest BCUT2D eigenvalue weighted by molar-refractivity contribution is -0.161. The van der Waals surface area contributed by atoms with E-state index in [4.69, 9.17) is 37.0 Å². The van der Waals surface area contributed by atoms with Gasteiger partial charge in [0.15, 0.2) is 12.2 Å². The average Bonchev–Trinajstić information content (AvgIpc) is 1.30. The quantitative estimate of drug-likeness (QED) is 0.0222. The van der Waals surface area contributed by atoms with Gasteiger partial charge in [-0.25, -0.2) is 9.13 Å². The maximum Gasteiger partial charge on any atom is 0.472 e. The second-order valence-electron chi connectivity index (χ2n) is 28.1. The highest BCUT2D eigenvalue weighted by Crippen LogP contribution is 2.45. The number of aliphatic hydroxyl groups is 1. The van der Waals surface area contributed by atoms with E-state index in [0.29, 0.717) is 25.7 Å². The summed E-state index contributed by atoms with van der Waals surface area (Å²) in [6.45, 7) is 5.02. The molecule has 0 aromatic rings. The van der Waals surface area contributed by atoms with E-state index in [-0.39, 0.29) is 25.7 Å². The number of phosphoric ester groups is 2. The molecule has 0 aromatic carbocycles. The van der Waals surface area contributed by atoms with Crippen LogP contribution in [0.25, 0.3) is 0 Å². The van der Waals surface area contributed by atoms with E-state index in [2.05, 4.69) is 27.7 Å². The van der Waals surface area contributed by atoms with Crippen molar-refractivity contribution in [2.24, 2.45) is 0 Å². The second kappa shape index (κ2) is 72.4. The monoisotopic (exact) mass is 1420 g/mol. The van der Waals surface area contributed by atoms with Gasteiger partial charge in [0.05, 0.1) is 26.4 Å². The molecule has 0 bridgehead atoms. The number of aliphatic hydroxyl groups excluding tert-OH is 1. The highest BCUT2D eigenvalue weighted by molar-refractivity contribution is 7.47. The molecule has 0 saturated carbocycles. The molecule has 0 amide bonds. The number of rotatable bonds is 79. The molecule has 3 N–H and O–H groups in total. The predicted octanol–water partition coefficient (Wildman–Crippen LogP) is 23.4. The Bertz CT molecular complexity index is 1840. The molecule has 5 atom stereocenters. The van der Waals surface area contributed by atoms with Crippen LogP contribution in [0.5, 0.6) is 0 Å². The molecule has 97 heavy (non-hydrogen) atoms. The minimum Gasteiger partial charge on any atom is -0.462 e. The molecule has 2 unspecified atom stereocenters. The molecule has 0 spiro atoms. The van der Waals surface area contributed by atoms with Gasteiger partial charge in [0.2, 0.25) is 0 Å². The van der Waals surface area contributed by atoms with Crippen LogP contribution in [0.2, 0.25) is 0 Å². The summed E-state index contributed by atoms with van der Waals surface area (Å²) >= 11 is 0. The van der Waals surface area contributed by atoms with Gasteiger partial charge < -0.3 is 33.8 Å². The van der Waals surface area contributed by atoms with E-state index < -0.39 is 97.5 Å². The molecular formula is C78H152O17P2. The first-order valence-electron chi connectivity index (χ1n) is 40.8. The fourth-order valence-electron chi connectivity index (χ4n) is 12.1. The van der Waals surface area contributed by atoms with Crippen molar-refractivity contribution in [3.05, 3.63) is 0 Å². The van der Waals surface area contributed by atoms with Crippen molar-refractivity contribution in [1.29, 1.82) is 0 Å². The van der Waals surface area contributed by atoms with Crippen LogP contribution in [-0.2, 0) is 65.4 Å². The van der Waals surface area contributed by atoms with Crippen LogP contribution in [0.1, 0.15) is 419 Å². The van der Waals surface area contributed by atoms with E-state index >= 15 is 0 Å². The molecule has 0 fully saturated rings. The lowest BCUT2D eigenvalue weighted by Gasteiger charge is -2.21. The third-order valence-electron chi connectivity index (χ3n) is 18.4. The summed E-state index contributed by atoms with van der Waals surface area (Å²) in [5.74, 6) is -2.10. The number of esters is 4. The van der Waals surface area contributed by atoms with Gasteiger partial charge in [-0.3, -0.25) is 37.3 Å². The van der Waals surface area contributed by atoms with Crippen molar-refractivity contribution >= 4 is 39.5 Å². The van der Waals surface area contributed by atoms with Gasteiger partial charge in [-0.2, -0.15) is 0 Å². The maximum atomic E-state index is 13.1. The van der Waals surface area contributed by atoms with Crippen LogP contribution in [-0.4, -0.2) is 96.7 Å². The summed E-state index contributed by atoms with van der Waals surface area (Å²) in [6, 6.07) is 0. The number of carbonyl (C=O) groups excluding carboxylic acids is 4. The zero-order valence-corrected chi connectivity index (χ0v) is 64.8.